The summed E-state index contributed by atoms with van der Waals surface area (Å²) in [5.41, 5.74) is 1.04. The van der Waals surface area contributed by atoms with Crippen LogP contribution >= 0.6 is 0 Å². The molecule has 0 bridgehead atoms. The molecule has 0 saturated heterocycles. The molecular weight excluding hydrogens is 216 g/mol. The maximum atomic E-state index is 10.7. The zero-order chi connectivity index (χ0) is 12.3. The van der Waals surface area contributed by atoms with Crippen molar-refractivity contribution < 1.29 is 14.6 Å². The van der Waals surface area contributed by atoms with Crippen molar-refractivity contribution in [3.05, 3.63) is 29.8 Å². The highest BCUT2D eigenvalue weighted by atomic mass is 16.5. The number of carboxylic acids is 1. The lowest BCUT2D eigenvalue weighted by Gasteiger charge is -2.26. The van der Waals surface area contributed by atoms with E-state index in [1.54, 1.807) is 6.92 Å². The van der Waals surface area contributed by atoms with Crippen molar-refractivity contribution in [3.8, 4) is 5.75 Å². The van der Waals surface area contributed by atoms with E-state index in [1.807, 2.05) is 24.3 Å². The smallest absolute Gasteiger partial charge is 0.306 e. The van der Waals surface area contributed by atoms with Gasteiger partial charge in [0.1, 0.15) is 5.75 Å². The van der Waals surface area contributed by atoms with Crippen LogP contribution in [0.4, 0.5) is 0 Å². The molecular formula is C14H18O3. The zero-order valence-corrected chi connectivity index (χ0v) is 10.1. The van der Waals surface area contributed by atoms with Crippen LogP contribution in [0, 0.1) is 5.92 Å². The van der Waals surface area contributed by atoms with Gasteiger partial charge < -0.3 is 9.84 Å². The number of benzene rings is 1. The van der Waals surface area contributed by atoms with E-state index in [4.69, 9.17) is 9.84 Å². The van der Waals surface area contributed by atoms with Gasteiger partial charge in [-0.25, -0.2) is 0 Å². The molecule has 0 spiro atoms. The average molecular weight is 234 g/mol. The van der Waals surface area contributed by atoms with Gasteiger partial charge in [0.05, 0.1) is 12.0 Å². The average Bonchev–Trinajstić information content (AvgIpc) is 2.25. The van der Waals surface area contributed by atoms with Gasteiger partial charge in [-0.15, -0.1) is 0 Å². The Morgan fingerprint density at radius 1 is 1.41 bits per heavy atom. The Balaban J connectivity index is 1.90. The molecule has 1 atom stereocenters. The molecule has 1 aromatic carbocycles. The predicted octanol–water partition coefficient (Wildman–Crippen LogP) is 2.88. The summed E-state index contributed by atoms with van der Waals surface area (Å²) in [5, 5.41) is 8.83. The first-order valence-electron chi connectivity index (χ1n) is 6.13. The fourth-order valence-electron chi connectivity index (χ4n) is 1.83. The molecule has 2 rings (SSSR count). The molecule has 0 aliphatic heterocycles. The second kappa shape index (κ2) is 5.21. The summed E-state index contributed by atoms with van der Waals surface area (Å²) < 4.78 is 5.74. The molecule has 0 amide bonds. The Hall–Kier alpha value is -1.51. The normalized spacial score (nSPS) is 17.2. The maximum absolute atomic E-state index is 10.7. The van der Waals surface area contributed by atoms with E-state index in [0.29, 0.717) is 12.5 Å². The predicted molar refractivity (Wildman–Crippen MR) is 65.2 cm³/mol. The van der Waals surface area contributed by atoms with Gasteiger partial charge in [-0.3, -0.25) is 4.79 Å². The number of carbonyl (C=O) groups is 1. The summed E-state index contributed by atoms with van der Waals surface area (Å²) in [7, 11) is 0. The molecule has 1 aliphatic carbocycles. The van der Waals surface area contributed by atoms with Gasteiger partial charge in [-0.1, -0.05) is 19.1 Å². The molecule has 1 unspecified atom stereocenters. The highest BCUT2D eigenvalue weighted by Crippen LogP contribution is 2.25. The number of hydrogen-bond acceptors (Lipinski definition) is 2. The third kappa shape index (κ3) is 3.22. The van der Waals surface area contributed by atoms with Crippen LogP contribution in [0.3, 0.4) is 0 Å². The molecule has 92 valence electrons. The summed E-state index contributed by atoms with van der Waals surface area (Å²) in [5.74, 6) is -0.199. The Labute approximate surface area is 101 Å². The fraction of sp³-hybridized carbons (Fsp3) is 0.500. The first-order valence-corrected chi connectivity index (χ1v) is 6.13. The Morgan fingerprint density at radius 3 is 2.53 bits per heavy atom. The molecule has 1 saturated carbocycles. The fourth-order valence-corrected chi connectivity index (χ4v) is 1.83. The molecule has 1 aromatic rings. The topological polar surface area (TPSA) is 46.5 Å². The van der Waals surface area contributed by atoms with Gasteiger partial charge in [0.15, 0.2) is 0 Å². The molecule has 0 aromatic heterocycles. The van der Waals surface area contributed by atoms with E-state index >= 15 is 0 Å². The summed E-state index contributed by atoms with van der Waals surface area (Å²) in [6.07, 6.45) is 4.52. The van der Waals surface area contributed by atoms with Crippen molar-refractivity contribution in [1.82, 2.24) is 0 Å². The van der Waals surface area contributed by atoms with E-state index in [2.05, 4.69) is 0 Å². The minimum absolute atomic E-state index is 0.339. The monoisotopic (exact) mass is 234 g/mol. The molecule has 3 heteroatoms. The summed E-state index contributed by atoms with van der Waals surface area (Å²) in [4.78, 5) is 10.7. The second-order valence-corrected chi connectivity index (χ2v) is 4.76. The molecule has 0 radical (unpaired) electrons. The lowest BCUT2D eigenvalue weighted by Crippen LogP contribution is -2.24. The maximum Gasteiger partial charge on any atom is 0.306 e. The third-order valence-corrected chi connectivity index (χ3v) is 3.24. The Morgan fingerprint density at radius 2 is 2.06 bits per heavy atom. The highest BCUT2D eigenvalue weighted by molar-refractivity contribution is 5.69. The second-order valence-electron chi connectivity index (χ2n) is 4.76. The van der Waals surface area contributed by atoms with Crippen LogP contribution in [0.15, 0.2) is 24.3 Å². The van der Waals surface area contributed by atoms with Gasteiger partial charge in [0, 0.05) is 0 Å². The van der Waals surface area contributed by atoms with E-state index in [9.17, 15) is 4.79 Å². The number of ether oxygens (including phenoxy) is 1. The van der Waals surface area contributed by atoms with Crippen LogP contribution in [0.5, 0.6) is 5.75 Å². The highest BCUT2D eigenvalue weighted by Gasteiger charge is 2.19. The van der Waals surface area contributed by atoms with Crippen molar-refractivity contribution in [2.45, 2.75) is 38.7 Å². The van der Waals surface area contributed by atoms with E-state index < -0.39 is 5.97 Å². The van der Waals surface area contributed by atoms with Gasteiger partial charge in [-0.05, 0) is 43.4 Å². The minimum Gasteiger partial charge on any atom is -0.490 e. The number of carboxylic acid groups (broad SMARTS) is 1. The SMILES string of the molecule is CC(Cc1ccc(OC2CCC2)cc1)C(=O)O. The number of aliphatic carboxylic acids is 1. The van der Waals surface area contributed by atoms with E-state index in [0.717, 1.165) is 24.2 Å². The first kappa shape index (κ1) is 12.0. The van der Waals surface area contributed by atoms with Crippen LogP contribution in [0.1, 0.15) is 31.7 Å². The molecule has 1 aliphatic rings. The largest absolute Gasteiger partial charge is 0.490 e. The van der Waals surface area contributed by atoms with Crippen LogP contribution in [0.25, 0.3) is 0 Å². The van der Waals surface area contributed by atoms with Gasteiger partial charge in [0.2, 0.25) is 0 Å². The lowest BCUT2D eigenvalue weighted by molar-refractivity contribution is -0.141. The van der Waals surface area contributed by atoms with Crippen molar-refractivity contribution in [2.24, 2.45) is 5.92 Å². The van der Waals surface area contributed by atoms with Crippen molar-refractivity contribution in [1.29, 1.82) is 0 Å². The van der Waals surface area contributed by atoms with Crippen LogP contribution < -0.4 is 4.74 Å². The van der Waals surface area contributed by atoms with Gasteiger partial charge in [-0.2, -0.15) is 0 Å². The third-order valence-electron chi connectivity index (χ3n) is 3.24. The van der Waals surface area contributed by atoms with E-state index in [-0.39, 0.29) is 5.92 Å². The number of rotatable bonds is 5. The van der Waals surface area contributed by atoms with Crippen LogP contribution in [-0.4, -0.2) is 17.2 Å². The standard InChI is InChI=1S/C14H18O3/c1-10(14(15)16)9-11-5-7-13(8-6-11)17-12-3-2-4-12/h5-8,10,12H,2-4,9H2,1H3,(H,15,16). The summed E-state index contributed by atoms with van der Waals surface area (Å²) >= 11 is 0. The molecule has 17 heavy (non-hydrogen) atoms. The molecule has 0 heterocycles. The van der Waals surface area contributed by atoms with Crippen molar-refractivity contribution >= 4 is 5.97 Å². The molecule has 1 fully saturated rings. The Bertz CT molecular complexity index is 379. The lowest BCUT2D eigenvalue weighted by atomic mass is 9.96. The minimum atomic E-state index is -0.750. The quantitative estimate of drug-likeness (QED) is 0.852. The van der Waals surface area contributed by atoms with Gasteiger partial charge >= 0.3 is 5.97 Å². The van der Waals surface area contributed by atoms with Crippen LogP contribution in [0.2, 0.25) is 0 Å². The van der Waals surface area contributed by atoms with Crippen molar-refractivity contribution in [2.75, 3.05) is 0 Å². The first-order chi connectivity index (χ1) is 8.15. The van der Waals surface area contributed by atoms with Gasteiger partial charge in [0.25, 0.3) is 0 Å². The van der Waals surface area contributed by atoms with Crippen molar-refractivity contribution in [3.63, 3.8) is 0 Å². The molecule has 1 N–H and O–H groups in total. The zero-order valence-electron chi connectivity index (χ0n) is 10.1. The van der Waals surface area contributed by atoms with Crippen LogP contribution in [-0.2, 0) is 11.2 Å². The molecule has 3 nitrogen and oxygen atoms in total. The summed E-state index contributed by atoms with van der Waals surface area (Å²) in [6.45, 7) is 1.72. The number of hydrogen-bond donors (Lipinski definition) is 1. The Kier molecular flexibility index (Phi) is 3.67. The van der Waals surface area contributed by atoms with E-state index in [1.165, 1.54) is 6.42 Å². The summed E-state index contributed by atoms with van der Waals surface area (Å²) in [6, 6.07) is 7.77.